The van der Waals surface area contributed by atoms with E-state index in [1.165, 1.54) is 31.2 Å². The van der Waals surface area contributed by atoms with Crippen molar-refractivity contribution in [2.45, 2.75) is 64.0 Å². The first-order valence-corrected chi connectivity index (χ1v) is 9.45. The summed E-state index contributed by atoms with van der Waals surface area (Å²) in [4.78, 5) is 12.3. The molecule has 1 aromatic rings. The zero-order valence-corrected chi connectivity index (χ0v) is 14.7. The molecule has 3 unspecified atom stereocenters. The minimum absolute atomic E-state index is 0.0295. The number of unbranched alkanes of at least 4 members (excludes halogenated alkanes) is 1. The average Bonchev–Trinajstić information content (AvgIpc) is 3.03. The molecule has 24 heavy (non-hydrogen) atoms. The first-order valence-electron chi connectivity index (χ1n) is 9.45. The second-order valence-corrected chi connectivity index (χ2v) is 7.27. The van der Waals surface area contributed by atoms with Crippen LogP contribution < -0.4 is 15.4 Å². The zero-order chi connectivity index (χ0) is 16.8. The lowest BCUT2D eigenvalue weighted by molar-refractivity contribution is -0.122. The number of benzene rings is 1. The topological polar surface area (TPSA) is 50.4 Å². The van der Waals surface area contributed by atoms with E-state index in [4.69, 9.17) is 4.74 Å². The molecule has 1 saturated heterocycles. The second kappa shape index (κ2) is 8.52. The number of carbonyl (C=O) groups is 1. The van der Waals surface area contributed by atoms with Gasteiger partial charge in [-0.3, -0.25) is 4.79 Å². The van der Waals surface area contributed by atoms with Crippen LogP contribution >= 0.6 is 0 Å². The number of nitrogens with one attached hydrogen (secondary N) is 2. The van der Waals surface area contributed by atoms with E-state index in [1.54, 1.807) is 0 Å². The highest BCUT2D eigenvalue weighted by molar-refractivity contribution is 5.82. The maximum Gasteiger partial charge on any atom is 0.237 e. The maximum absolute atomic E-state index is 12.3. The van der Waals surface area contributed by atoms with Crippen LogP contribution in [0, 0.1) is 12.8 Å². The van der Waals surface area contributed by atoms with Gasteiger partial charge in [-0.15, -0.1) is 0 Å². The van der Waals surface area contributed by atoms with E-state index in [0.717, 1.165) is 37.5 Å². The summed E-state index contributed by atoms with van der Waals surface area (Å²) in [5.41, 5.74) is 1.24. The van der Waals surface area contributed by atoms with Crippen LogP contribution in [0.1, 0.15) is 50.5 Å². The molecule has 3 rings (SSSR count). The van der Waals surface area contributed by atoms with Gasteiger partial charge < -0.3 is 15.4 Å². The van der Waals surface area contributed by atoms with Crippen molar-refractivity contribution < 1.29 is 9.53 Å². The van der Waals surface area contributed by atoms with Gasteiger partial charge in [-0.05, 0) is 57.1 Å². The number of rotatable bonds is 7. The summed E-state index contributed by atoms with van der Waals surface area (Å²) < 4.78 is 5.71. The number of aryl methyl sites for hydroxylation is 1. The largest absolute Gasteiger partial charge is 0.494 e. The summed E-state index contributed by atoms with van der Waals surface area (Å²) in [7, 11) is 0. The van der Waals surface area contributed by atoms with E-state index in [1.807, 2.05) is 12.1 Å². The molecule has 2 fully saturated rings. The quantitative estimate of drug-likeness (QED) is 0.755. The van der Waals surface area contributed by atoms with Crippen LogP contribution in [0.4, 0.5) is 0 Å². The minimum atomic E-state index is 0.0295. The van der Waals surface area contributed by atoms with Gasteiger partial charge in [-0.2, -0.15) is 0 Å². The summed E-state index contributed by atoms with van der Waals surface area (Å²) in [6.45, 7) is 3.51. The zero-order valence-electron chi connectivity index (χ0n) is 14.7. The number of hydrogen-bond acceptors (Lipinski definition) is 3. The predicted molar refractivity (Wildman–Crippen MR) is 96.2 cm³/mol. The van der Waals surface area contributed by atoms with Crippen molar-refractivity contribution in [2.75, 3.05) is 13.2 Å². The summed E-state index contributed by atoms with van der Waals surface area (Å²) in [5.74, 6) is 1.82. The van der Waals surface area contributed by atoms with Gasteiger partial charge in [0.2, 0.25) is 5.91 Å². The van der Waals surface area contributed by atoms with Crippen LogP contribution in [0.5, 0.6) is 5.75 Å². The minimum Gasteiger partial charge on any atom is -0.494 e. The Morgan fingerprint density at radius 1 is 1.21 bits per heavy atom. The van der Waals surface area contributed by atoms with E-state index in [0.29, 0.717) is 12.6 Å². The fraction of sp³-hybridized carbons (Fsp3) is 0.650. The summed E-state index contributed by atoms with van der Waals surface area (Å²) >= 11 is 0. The van der Waals surface area contributed by atoms with Gasteiger partial charge in [-0.25, -0.2) is 0 Å². The Kier molecular flexibility index (Phi) is 6.13. The highest BCUT2D eigenvalue weighted by atomic mass is 16.5. The van der Waals surface area contributed by atoms with Gasteiger partial charge in [0.15, 0.2) is 0 Å². The molecule has 0 spiro atoms. The third-order valence-electron chi connectivity index (χ3n) is 5.34. The lowest BCUT2D eigenvalue weighted by Crippen LogP contribution is -2.43. The highest BCUT2D eigenvalue weighted by Crippen LogP contribution is 2.33. The third-order valence-corrected chi connectivity index (χ3v) is 5.34. The van der Waals surface area contributed by atoms with Crippen molar-refractivity contribution in [1.29, 1.82) is 0 Å². The molecule has 0 bridgehead atoms. The molecule has 1 amide bonds. The van der Waals surface area contributed by atoms with E-state index >= 15 is 0 Å². The molecule has 4 nitrogen and oxygen atoms in total. The van der Waals surface area contributed by atoms with E-state index in [-0.39, 0.29) is 11.9 Å². The first kappa shape index (κ1) is 17.3. The average molecular weight is 330 g/mol. The number of carbonyl (C=O) groups excluding carboxylic acids is 1. The molecule has 3 atom stereocenters. The molecule has 1 aliphatic carbocycles. The maximum atomic E-state index is 12.3. The lowest BCUT2D eigenvalue weighted by atomic mass is 9.85. The molecule has 1 aromatic carbocycles. The van der Waals surface area contributed by atoms with Crippen molar-refractivity contribution in [2.24, 2.45) is 5.92 Å². The van der Waals surface area contributed by atoms with E-state index in [2.05, 4.69) is 29.7 Å². The second-order valence-electron chi connectivity index (χ2n) is 7.27. The van der Waals surface area contributed by atoms with Crippen LogP contribution in [0.25, 0.3) is 0 Å². The van der Waals surface area contributed by atoms with Crippen LogP contribution in [-0.2, 0) is 4.79 Å². The Labute approximate surface area is 145 Å². The summed E-state index contributed by atoms with van der Waals surface area (Å²) in [6.07, 6.45) is 8.10. The molecule has 2 aliphatic rings. The number of amides is 1. The standard InChI is InChI=1S/C20H30N2O2/c1-15-8-10-17(11-9-15)24-13-5-4-12-21-20(23)19-14-16-6-2-3-7-18(16)22-19/h8-11,16,18-19,22H,2-7,12-14H2,1H3,(H,21,23). The number of ether oxygens (including phenoxy) is 1. The fourth-order valence-electron chi connectivity index (χ4n) is 3.91. The summed E-state index contributed by atoms with van der Waals surface area (Å²) in [5, 5.41) is 6.62. The Hall–Kier alpha value is -1.55. The van der Waals surface area contributed by atoms with Crippen molar-refractivity contribution in [1.82, 2.24) is 10.6 Å². The van der Waals surface area contributed by atoms with Gasteiger partial charge in [0, 0.05) is 12.6 Å². The molecular formula is C20H30N2O2. The lowest BCUT2D eigenvalue weighted by Gasteiger charge is -2.24. The molecule has 0 aromatic heterocycles. The van der Waals surface area contributed by atoms with Crippen LogP contribution in [-0.4, -0.2) is 31.1 Å². The molecular weight excluding hydrogens is 300 g/mol. The molecule has 4 heteroatoms. The Balaban J connectivity index is 1.26. The smallest absolute Gasteiger partial charge is 0.237 e. The van der Waals surface area contributed by atoms with E-state index in [9.17, 15) is 4.79 Å². The Bertz CT molecular complexity index is 515. The first-order chi connectivity index (χ1) is 11.7. The van der Waals surface area contributed by atoms with Gasteiger partial charge >= 0.3 is 0 Å². The van der Waals surface area contributed by atoms with Crippen LogP contribution in [0.2, 0.25) is 0 Å². The van der Waals surface area contributed by atoms with Crippen molar-refractivity contribution in [3.8, 4) is 5.75 Å². The summed E-state index contributed by atoms with van der Waals surface area (Å²) in [6, 6.07) is 8.73. The molecule has 0 radical (unpaired) electrons. The van der Waals surface area contributed by atoms with Gasteiger partial charge in [0.05, 0.1) is 12.6 Å². The molecule has 1 saturated carbocycles. The molecule has 132 valence electrons. The van der Waals surface area contributed by atoms with Crippen LogP contribution in [0.3, 0.4) is 0 Å². The van der Waals surface area contributed by atoms with Crippen molar-refractivity contribution >= 4 is 5.91 Å². The van der Waals surface area contributed by atoms with Crippen LogP contribution in [0.15, 0.2) is 24.3 Å². The van der Waals surface area contributed by atoms with Crippen molar-refractivity contribution in [3.05, 3.63) is 29.8 Å². The Morgan fingerprint density at radius 2 is 2.00 bits per heavy atom. The third kappa shape index (κ3) is 4.73. The van der Waals surface area contributed by atoms with Gasteiger partial charge in [0.25, 0.3) is 0 Å². The highest BCUT2D eigenvalue weighted by Gasteiger charge is 2.37. The fourth-order valence-corrected chi connectivity index (χ4v) is 3.91. The van der Waals surface area contributed by atoms with E-state index < -0.39 is 0 Å². The molecule has 2 N–H and O–H groups in total. The molecule has 1 heterocycles. The van der Waals surface area contributed by atoms with Gasteiger partial charge in [-0.1, -0.05) is 30.5 Å². The normalized spacial score (nSPS) is 26.0. The predicted octanol–water partition coefficient (Wildman–Crippen LogP) is 3.19. The number of fused-ring (bicyclic) bond motifs is 1. The monoisotopic (exact) mass is 330 g/mol. The van der Waals surface area contributed by atoms with Crippen molar-refractivity contribution in [3.63, 3.8) is 0 Å². The SMILES string of the molecule is Cc1ccc(OCCCCNC(=O)C2CC3CCCCC3N2)cc1. The number of hydrogen-bond donors (Lipinski definition) is 2. The Morgan fingerprint density at radius 3 is 2.79 bits per heavy atom. The molecule has 1 aliphatic heterocycles. The van der Waals surface area contributed by atoms with Gasteiger partial charge in [0.1, 0.15) is 5.75 Å².